The van der Waals surface area contributed by atoms with Crippen LogP contribution in [-0.2, 0) is 11.3 Å². The number of ether oxygens (including phenoxy) is 1. The third-order valence-electron chi connectivity index (χ3n) is 3.49. The molecule has 1 aliphatic rings. The van der Waals surface area contributed by atoms with Gasteiger partial charge in [-0.2, -0.15) is 5.10 Å². The van der Waals surface area contributed by atoms with Gasteiger partial charge in [-0.15, -0.1) is 0 Å². The number of nitrogens with one attached hydrogen (secondary N) is 1. The molecule has 1 fully saturated rings. The van der Waals surface area contributed by atoms with E-state index in [2.05, 4.69) is 38.9 Å². The Balaban J connectivity index is 1.94. The molecule has 0 saturated carbocycles. The molecule has 0 atom stereocenters. The standard InChI is InChI=1S/C13H19N5O/c1-9(2)12-11-10(7-18-3-5-19-6-4-18)16-17-13(11)15-8-14-12/h8-9H,3-7H2,1-2H3,(H,14,15,16,17). The van der Waals surface area contributed by atoms with Crippen molar-refractivity contribution in [1.82, 2.24) is 25.1 Å². The van der Waals surface area contributed by atoms with Crippen LogP contribution in [0.2, 0.25) is 0 Å². The first-order chi connectivity index (χ1) is 9.25. The number of fused-ring (bicyclic) bond motifs is 1. The van der Waals surface area contributed by atoms with Gasteiger partial charge in [0.15, 0.2) is 5.65 Å². The lowest BCUT2D eigenvalue weighted by Crippen LogP contribution is -2.35. The Morgan fingerprint density at radius 2 is 2.11 bits per heavy atom. The van der Waals surface area contributed by atoms with E-state index in [9.17, 15) is 0 Å². The van der Waals surface area contributed by atoms with Gasteiger partial charge in [-0.05, 0) is 5.92 Å². The van der Waals surface area contributed by atoms with Crippen molar-refractivity contribution in [2.24, 2.45) is 0 Å². The highest BCUT2D eigenvalue weighted by Gasteiger charge is 2.18. The number of rotatable bonds is 3. The smallest absolute Gasteiger partial charge is 0.159 e. The molecule has 0 bridgehead atoms. The minimum atomic E-state index is 0.367. The molecule has 6 nitrogen and oxygen atoms in total. The van der Waals surface area contributed by atoms with Crippen molar-refractivity contribution >= 4 is 11.0 Å². The van der Waals surface area contributed by atoms with Crippen molar-refractivity contribution in [3.05, 3.63) is 17.7 Å². The second-order valence-electron chi connectivity index (χ2n) is 5.20. The zero-order chi connectivity index (χ0) is 13.2. The van der Waals surface area contributed by atoms with Crippen LogP contribution < -0.4 is 0 Å². The van der Waals surface area contributed by atoms with Crippen LogP contribution >= 0.6 is 0 Å². The van der Waals surface area contributed by atoms with Crippen LogP contribution in [0.5, 0.6) is 0 Å². The fourth-order valence-corrected chi connectivity index (χ4v) is 2.47. The zero-order valence-corrected chi connectivity index (χ0v) is 11.4. The average Bonchev–Trinajstić information content (AvgIpc) is 2.83. The molecule has 0 aliphatic carbocycles. The summed E-state index contributed by atoms with van der Waals surface area (Å²) in [5.41, 5.74) is 2.95. The van der Waals surface area contributed by atoms with Gasteiger partial charge in [0.05, 0.1) is 30.0 Å². The highest BCUT2D eigenvalue weighted by molar-refractivity contribution is 5.80. The van der Waals surface area contributed by atoms with Crippen LogP contribution in [0.25, 0.3) is 11.0 Å². The van der Waals surface area contributed by atoms with E-state index in [0.29, 0.717) is 5.92 Å². The lowest BCUT2D eigenvalue weighted by Gasteiger charge is -2.25. The number of hydrogen-bond donors (Lipinski definition) is 1. The molecule has 2 aromatic rings. The molecule has 3 heterocycles. The maximum Gasteiger partial charge on any atom is 0.159 e. The molecule has 0 aromatic carbocycles. The Morgan fingerprint density at radius 1 is 1.32 bits per heavy atom. The Hall–Kier alpha value is -1.53. The summed E-state index contributed by atoms with van der Waals surface area (Å²) in [7, 11) is 0. The molecule has 2 aromatic heterocycles. The number of hydrogen-bond acceptors (Lipinski definition) is 5. The van der Waals surface area contributed by atoms with Crippen molar-refractivity contribution in [3.8, 4) is 0 Å². The molecule has 1 saturated heterocycles. The van der Waals surface area contributed by atoms with Gasteiger partial charge in [0, 0.05) is 19.6 Å². The molecule has 6 heteroatoms. The first-order valence-electron chi connectivity index (χ1n) is 6.73. The van der Waals surface area contributed by atoms with Crippen LogP contribution in [0.15, 0.2) is 6.33 Å². The summed E-state index contributed by atoms with van der Waals surface area (Å²) in [5, 5.41) is 8.52. The molecule has 102 valence electrons. The largest absolute Gasteiger partial charge is 0.379 e. The lowest BCUT2D eigenvalue weighted by molar-refractivity contribution is 0.0338. The maximum atomic E-state index is 5.37. The van der Waals surface area contributed by atoms with Crippen molar-refractivity contribution in [3.63, 3.8) is 0 Å². The van der Waals surface area contributed by atoms with Crippen molar-refractivity contribution in [2.45, 2.75) is 26.3 Å². The second-order valence-corrected chi connectivity index (χ2v) is 5.20. The van der Waals surface area contributed by atoms with Gasteiger partial charge in [-0.3, -0.25) is 10.00 Å². The van der Waals surface area contributed by atoms with Crippen molar-refractivity contribution < 1.29 is 4.74 Å². The van der Waals surface area contributed by atoms with E-state index in [4.69, 9.17) is 4.74 Å². The van der Waals surface area contributed by atoms with Crippen LogP contribution in [0, 0.1) is 0 Å². The van der Waals surface area contributed by atoms with E-state index in [1.165, 1.54) is 0 Å². The summed E-state index contributed by atoms with van der Waals surface area (Å²) in [6.07, 6.45) is 1.61. The monoisotopic (exact) mass is 261 g/mol. The summed E-state index contributed by atoms with van der Waals surface area (Å²) in [4.78, 5) is 11.0. The number of nitrogens with zero attached hydrogens (tertiary/aromatic N) is 4. The number of aromatic amines is 1. The van der Waals surface area contributed by atoms with Crippen LogP contribution in [-0.4, -0.2) is 51.4 Å². The summed E-state index contributed by atoms with van der Waals surface area (Å²) in [6.45, 7) is 8.64. The third kappa shape index (κ3) is 2.46. The number of morpholine rings is 1. The molecule has 1 N–H and O–H groups in total. The minimum Gasteiger partial charge on any atom is -0.379 e. The van der Waals surface area contributed by atoms with E-state index < -0.39 is 0 Å². The van der Waals surface area contributed by atoms with Crippen LogP contribution in [0.4, 0.5) is 0 Å². The van der Waals surface area contributed by atoms with E-state index in [0.717, 1.165) is 55.3 Å². The molecule has 19 heavy (non-hydrogen) atoms. The normalized spacial score (nSPS) is 17.4. The third-order valence-corrected chi connectivity index (χ3v) is 3.49. The van der Waals surface area contributed by atoms with Gasteiger partial charge in [0.2, 0.25) is 0 Å². The Morgan fingerprint density at radius 3 is 2.84 bits per heavy atom. The molecule has 0 spiro atoms. The molecular weight excluding hydrogens is 242 g/mol. The fraction of sp³-hybridized carbons (Fsp3) is 0.615. The quantitative estimate of drug-likeness (QED) is 0.902. The van der Waals surface area contributed by atoms with E-state index >= 15 is 0 Å². The van der Waals surface area contributed by atoms with E-state index in [1.54, 1.807) is 6.33 Å². The highest BCUT2D eigenvalue weighted by Crippen LogP contribution is 2.24. The second kappa shape index (κ2) is 5.22. The molecule has 0 radical (unpaired) electrons. The van der Waals surface area contributed by atoms with Gasteiger partial charge in [0.1, 0.15) is 6.33 Å². The average molecular weight is 261 g/mol. The summed E-state index contributed by atoms with van der Waals surface area (Å²) >= 11 is 0. The highest BCUT2D eigenvalue weighted by atomic mass is 16.5. The van der Waals surface area contributed by atoms with Crippen molar-refractivity contribution in [2.75, 3.05) is 26.3 Å². The molecule has 3 rings (SSSR count). The van der Waals surface area contributed by atoms with E-state index in [-0.39, 0.29) is 0 Å². The summed E-state index contributed by atoms with van der Waals surface area (Å²) in [6, 6.07) is 0. The predicted octanol–water partition coefficient (Wildman–Crippen LogP) is 1.31. The summed E-state index contributed by atoms with van der Waals surface area (Å²) < 4.78 is 5.37. The topological polar surface area (TPSA) is 66.9 Å². The number of aromatic nitrogens is 4. The lowest BCUT2D eigenvalue weighted by atomic mass is 10.1. The molecule has 0 amide bonds. The van der Waals surface area contributed by atoms with Gasteiger partial charge in [-0.25, -0.2) is 9.97 Å². The van der Waals surface area contributed by atoms with E-state index in [1.807, 2.05) is 0 Å². The van der Waals surface area contributed by atoms with Gasteiger partial charge >= 0.3 is 0 Å². The van der Waals surface area contributed by atoms with Gasteiger partial charge < -0.3 is 4.74 Å². The van der Waals surface area contributed by atoms with Crippen LogP contribution in [0.1, 0.15) is 31.2 Å². The predicted molar refractivity (Wildman–Crippen MR) is 71.9 cm³/mol. The fourth-order valence-electron chi connectivity index (χ4n) is 2.47. The zero-order valence-electron chi connectivity index (χ0n) is 11.4. The Bertz CT molecular complexity index is 559. The maximum absolute atomic E-state index is 5.37. The molecule has 1 aliphatic heterocycles. The van der Waals surface area contributed by atoms with Crippen LogP contribution in [0.3, 0.4) is 0 Å². The van der Waals surface area contributed by atoms with Gasteiger partial charge in [-0.1, -0.05) is 13.8 Å². The molecule has 0 unspecified atom stereocenters. The summed E-state index contributed by atoms with van der Waals surface area (Å²) in [5.74, 6) is 0.367. The Kier molecular flexibility index (Phi) is 3.44. The van der Waals surface area contributed by atoms with Gasteiger partial charge in [0.25, 0.3) is 0 Å². The first-order valence-corrected chi connectivity index (χ1v) is 6.73. The minimum absolute atomic E-state index is 0.367. The molecular formula is C13H19N5O. The Labute approximate surface area is 112 Å². The first kappa shape index (κ1) is 12.5. The number of H-pyrrole nitrogens is 1. The SMILES string of the molecule is CC(C)c1ncnc2[nH]nc(CN3CCOCC3)c12. The van der Waals surface area contributed by atoms with Crippen molar-refractivity contribution in [1.29, 1.82) is 0 Å².